The lowest BCUT2D eigenvalue weighted by molar-refractivity contribution is -0.130. The maximum absolute atomic E-state index is 12.3. The molecule has 2 rings (SSSR count). The Morgan fingerprint density at radius 2 is 1.71 bits per heavy atom. The molecule has 5 heteroatoms. The third-order valence-corrected chi connectivity index (χ3v) is 3.94. The molecule has 0 aliphatic rings. The van der Waals surface area contributed by atoms with Crippen LogP contribution in [0.3, 0.4) is 0 Å². The lowest BCUT2D eigenvalue weighted by atomic mass is 10.1. The normalized spacial score (nSPS) is 10.3. The number of ether oxygens (including phenoxy) is 2. The number of methoxy groups -OCH3 is 2. The van der Waals surface area contributed by atoms with Crippen LogP contribution in [0.25, 0.3) is 0 Å². The molecular formula is C19H24N2O3. The summed E-state index contributed by atoms with van der Waals surface area (Å²) in [6.07, 6.45) is 0.952. The van der Waals surface area contributed by atoms with Crippen LogP contribution < -0.4 is 15.2 Å². The van der Waals surface area contributed by atoms with E-state index in [-0.39, 0.29) is 5.91 Å². The molecule has 0 radical (unpaired) electrons. The number of anilines is 1. The van der Waals surface area contributed by atoms with Gasteiger partial charge in [-0.25, -0.2) is 0 Å². The lowest BCUT2D eigenvalue weighted by Crippen LogP contribution is -2.26. The molecule has 2 aromatic rings. The van der Waals surface area contributed by atoms with Gasteiger partial charge in [0.15, 0.2) is 11.5 Å². The Balaban J connectivity index is 1.98. The fourth-order valence-corrected chi connectivity index (χ4v) is 2.53. The molecule has 1 amide bonds. The second kappa shape index (κ2) is 8.24. The van der Waals surface area contributed by atoms with Crippen LogP contribution in [-0.2, 0) is 17.8 Å². The monoisotopic (exact) mass is 328 g/mol. The van der Waals surface area contributed by atoms with Crippen molar-refractivity contribution in [3.63, 3.8) is 0 Å². The highest BCUT2D eigenvalue weighted by atomic mass is 16.5. The van der Waals surface area contributed by atoms with Crippen LogP contribution in [0, 0.1) is 0 Å². The van der Waals surface area contributed by atoms with E-state index in [0.717, 1.165) is 11.1 Å². The first kappa shape index (κ1) is 17.7. The molecule has 0 spiro atoms. The van der Waals surface area contributed by atoms with Gasteiger partial charge in [0.25, 0.3) is 0 Å². The van der Waals surface area contributed by atoms with Crippen LogP contribution in [0.5, 0.6) is 11.5 Å². The highest BCUT2D eigenvalue weighted by Crippen LogP contribution is 2.32. The fraction of sp³-hybridized carbons (Fsp3) is 0.316. The maximum Gasteiger partial charge on any atom is 0.222 e. The Labute approximate surface area is 143 Å². The number of nitrogens with two attached hydrogens (primary N) is 1. The summed E-state index contributed by atoms with van der Waals surface area (Å²) in [6.45, 7) is 0.598. The number of hydrogen-bond acceptors (Lipinski definition) is 4. The van der Waals surface area contributed by atoms with E-state index in [2.05, 4.69) is 0 Å². The van der Waals surface area contributed by atoms with Gasteiger partial charge in [0, 0.05) is 31.8 Å². The predicted molar refractivity (Wildman–Crippen MR) is 95.2 cm³/mol. The van der Waals surface area contributed by atoms with Crippen molar-refractivity contribution >= 4 is 11.6 Å². The molecule has 0 aliphatic heterocycles. The quantitative estimate of drug-likeness (QED) is 0.794. The van der Waals surface area contributed by atoms with Gasteiger partial charge in [-0.3, -0.25) is 4.79 Å². The van der Waals surface area contributed by atoms with E-state index in [0.29, 0.717) is 36.6 Å². The number of rotatable bonds is 7. The number of nitrogens with zero attached hydrogens (tertiary/aromatic N) is 1. The van der Waals surface area contributed by atoms with Gasteiger partial charge in [0.1, 0.15) is 0 Å². The standard InChI is InChI=1S/C19H24N2O3/c1-21(13-14-7-5-4-6-8-14)19(22)10-9-15-11-17(23-2)18(24-3)12-16(15)20/h4-8,11-12H,9-10,13,20H2,1-3H3. The minimum atomic E-state index is 0.0769. The summed E-state index contributed by atoms with van der Waals surface area (Å²) in [7, 11) is 4.96. The van der Waals surface area contributed by atoms with Crippen molar-refractivity contribution in [2.24, 2.45) is 0 Å². The Hall–Kier alpha value is -2.69. The summed E-state index contributed by atoms with van der Waals surface area (Å²) in [5.74, 6) is 1.28. The van der Waals surface area contributed by atoms with Gasteiger partial charge in [0.05, 0.1) is 14.2 Å². The summed E-state index contributed by atoms with van der Waals surface area (Å²) >= 11 is 0. The van der Waals surface area contributed by atoms with Crippen LogP contribution in [0.1, 0.15) is 17.5 Å². The van der Waals surface area contributed by atoms with Crippen molar-refractivity contribution in [1.82, 2.24) is 4.90 Å². The van der Waals surface area contributed by atoms with Crippen molar-refractivity contribution in [3.05, 3.63) is 53.6 Å². The van der Waals surface area contributed by atoms with E-state index in [1.165, 1.54) is 0 Å². The average Bonchev–Trinajstić information content (AvgIpc) is 2.60. The van der Waals surface area contributed by atoms with Crippen LogP contribution in [0.15, 0.2) is 42.5 Å². The van der Waals surface area contributed by atoms with Gasteiger partial charge in [-0.1, -0.05) is 30.3 Å². The molecular weight excluding hydrogens is 304 g/mol. The van der Waals surface area contributed by atoms with Gasteiger partial charge in [0.2, 0.25) is 5.91 Å². The Kier molecular flexibility index (Phi) is 6.07. The second-order valence-electron chi connectivity index (χ2n) is 5.64. The van der Waals surface area contributed by atoms with Crippen LogP contribution in [0.2, 0.25) is 0 Å². The second-order valence-corrected chi connectivity index (χ2v) is 5.64. The summed E-state index contributed by atoms with van der Waals surface area (Å²) in [5.41, 5.74) is 8.64. The summed E-state index contributed by atoms with van der Waals surface area (Å²) in [4.78, 5) is 14.1. The predicted octanol–water partition coefficient (Wildman–Crippen LogP) is 2.88. The average molecular weight is 328 g/mol. The summed E-state index contributed by atoms with van der Waals surface area (Å²) < 4.78 is 10.5. The molecule has 0 heterocycles. The lowest BCUT2D eigenvalue weighted by Gasteiger charge is -2.18. The number of carbonyl (C=O) groups is 1. The van der Waals surface area contributed by atoms with Crippen molar-refractivity contribution in [1.29, 1.82) is 0 Å². The zero-order valence-corrected chi connectivity index (χ0v) is 14.4. The van der Waals surface area contributed by atoms with Gasteiger partial charge in [-0.05, 0) is 23.6 Å². The number of benzene rings is 2. The smallest absolute Gasteiger partial charge is 0.222 e. The third kappa shape index (κ3) is 4.41. The van der Waals surface area contributed by atoms with Crippen molar-refractivity contribution < 1.29 is 14.3 Å². The minimum absolute atomic E-state index is 0.0769. The molecule has 128 valence electrons. The highest BCUT2D eigenvalue weighted by Gasteiger charge is 2.13. The molecule has 0 saturated heterocycles. The SMILES string of the molecule is COc1cc(N)c(CCC(=O)N(C)Cc2ccccc2)cc1OC. The molecule has 0 fully saturated rings. The first-order valence-electron chi connectivity index (χ1n) is 7.83. The molecule has 2 aromatic carbocycles. The van der Waals surface area contributed by atoms with Crippen molar-refractivity contribution in [3.8, 4) is 11.5 Å². The number of aryl methyl sites for hydroxylation is 1. The number of hydrogen-bond donors (Lipinski definition) is 1. The van der Waals surface area contributed by atoms with Crippen LogP contribution >= 0.6 is 0 Å². The summed E-state index contributed by atoms with van der Waals surface area (Å²) in [6, 6.07) is 13.5. The molecule has 2 N–H and O–H groups in total. The third-order valence-electron chi connectivity index (χ3n) is 3.94. The fourth-order valence-electron chi connectivity index (χ4n) is 2.53. The van der Waals surface area contributed by atoms with Crippen LogP contribution in [0.4, 0.5) is 5.69 Å². The Morgan fingerprint density at radius 1 is 1.08 bits per heavy atom. The largest absolute Gasteiger partial charge is 0.493 e. The maximum atomic E-state index is 12.3. The zero-order chi connectivity index (χ0) is 17.5. The molecule has 0 aromatic heterocycles. The number of amides is 1. The van der Waals surface area contributed by atoms with E-state index >= 15 is 0 Å². The van der Waals surface area contributed by atoms with E-state index in [4.69, 9.17) is 15.2 Å². The molecule has 0 atom stereocenters. The molecule has 0 bridgehead atoms. The molecule has 0 unspecified atom stereocenters. The Morgan fingerprint density at radius 3 is 2.33 bits per heavy atom. The number of nitrogen functional groups attached to an aromatic ring is 1. The van der Waals surface area contributed by atoms with E-state index < -0.39 is 0 Å². The Bertz CT molecular complexity index is 687. The molecule has 5 nitrogen and oxygen atoms in total. The molecule has 0 saturated carbocycles. The van der Waals surface area contributed by atoms with Crippen LogP contribution in [-0.4, -0.2) is 32.1 Å². The van der Waals surface area contributed by atoms with Gasteiger partial charge >= 0.3 is 0 Å². The van der Waals surface area contributed by atoms with E-state index in [1.54, 1.807) is 25.2 Å². The van der Waals surface area contributed by atoms with Crippen molar-refractivity contribution in [2.45, 2.75) is 19.4 Å². The van der Waals surface area contributed by atoms with Gasteiger partial charge < -0.3 is 20.1 Å². The van der Waals surface area contributed by atoms with E-state index in [1.807, 2.05) is 43.4 Å². The summed E-state index contributed by atoms with van der Waals surface area (Å²) in [5, 5.41) is 0. The van der Waals surface area contributed by atoms with Crippen molar-refractivity contribution in [2.75, 3.05) is 27.0 Å². The first-order chi connectivity index (χ1) is 11.5. The zero-order valence-electron chi connectivity index (χ0n) is 14.4. The van der Waals surface area contributed by atoms with E-state index in [9.17, 15) is 4.79 Å². The molecule has 24 heavy (non-hydrogen) atoms. The minimum Gasteiger partial charge on any atom is -0.493 e. The van der Waals surface area contributed by atoms with Gasteiger partial charge in [-0.15, -0.1) is 0 Å². The topological polar surface area (TPSA) is 64.8 Å². The highest BCUT2D eigenvalue weighted by molar-refractivity contribution is 5.76. The molecule has 0 aliphatic carbocycles. The number of carbonyl (C=O) groups excluding carboxylic acids is 1. The van der Waals surface area contributed by atoms with Gasteiger partial charge in [-0.2, -0.15) is 0 Å². The first-order valence-corrected chi connectivity index (χ1v) is 7.83.